The fraction of sp³-hybridized carbons (Fsp3) is 0.500. The van der Waals surface area contributed by atoms with Gasteiger partial charge in [-0.25, -0.2) is 0 Å². The van der Waals surface area contributed by atoms with E-state index in [1.165, 1.54) is 30.4 Å². The van der Waals surface area contributed by atoms with E-state index >= 15 is 0 Å². The van der Waals surface area contributed by atoms with Gasteiger partial charge in [-0.3, -0.25) is 4.79 Å². The second kappa shape index (κ2) is 3.93. The zero-order valence-corrected chi connectivity index (χ0v) is 9.46. The highest BCUT2D eigenvalue weighted by Gasteiger charge is 2.24. The Morgan fingerprint density at radius 2 is 1.88 bits per heavy atom. The number of carbonyl (C=O) groups excluding carboxylic acids is 1. The lowest BCUT2D eigenvalue weighted by molar-refractivity contribution is 0.0951. The highest BCUT2D eigenvalue weighted by molar-refractivity contribution is 5.94. The molecule has 2 heteroatoms. The van der Waals surface area contributed by atoms with Crippen LogP contribution in [-0.2, 0) is 12.8 Å². The monoisotopic (exact) mass is 215 g/mol. The second-order valence-electron chi connectivity index (χ2n) is 4.94. The van der Waals surface area contributed by atoms with Crippen LogP contribution in [0.15, 0.2) is 18.2 Å². The van der Waals surface area contributed by atoms with Gasteiger partial charge < -0.3 is 5.32 Å². The van der Waals surface area contributed by atoms with E-state index in [4.69, 9.17) is 0 Å². The minimum atomic E-state index is 0.107. The van der Waals surface area contributed by atoms with E-state index in [2.05, 4.69) is 17.4 Å². The van der Waals surface area contributed by atoms with Crippen molar-refractivity contribution in [2.75, 3.05) is 0 Å². The Balaban J connectivity index is 1.81. The summed E-state index contributed by atoms with van der Waals surface area (Å²) in [5.41, 5.74) is 3.66. The number of aryl methyl sites for hydroxylation is 2. The summed E-state index contributed by atoms with van der Waals surface area (Å²) >= 11 is 0. The lowest BCUT2D eigenvalue weighted by Crippen LogP contribution is -2.25. The Bertz CT molecular complexity index is 421. The Labute approximate surface area is 96.1 Å². The molecule has 1 aromatic rings. The molecule has 1 aromatic carbocycles. The summed E-state index contributed by atoms with van der Waals surface area (Å²) in [7, 11) is 0. The van der Waals surface area contributed by atoms with Gasteiger partial charge in [0.15, 0.2) is 0 Å². The molecular weight excluding hydrogens is 198 g/mol. The van der Waals surface area contributed by atoms with E-state index < -0.39 is 0 Å². The summed E-state index contributed by atoms with van der Waals surface area (Å²) in [5.74, 6) is 0.107. The summed E-state index contributed by atoms with van der Waals surface area (Å²) in [6, 6.07) is 6.65. The van der Waals surface area contributed by atoms with E-state index in [1.807, 2.05) is 6.07 Å². The van der Waals surface area contributed by atoms with Crippen LogP contribution in [0, 0.1) is 0 Å². The van der Waals surface area contributed by atoms with Crippen molar-refractivity contribution >= 4 is 5.91 Å². The van der Waals surface area contributed by atoms with Crippen molar-refractivity contribution < 1.29 is 4.79 Å². The molecule has 0 aromatic heterocycles. The van der Waals surface area contributed by atoms with Crippen LogP contribution in [0.1, 0.15) is 47.2 Å². The molecule has 84 valence electrons. The van der Waals surface area contributed by atoms with Crippen LogP contribution >= 0.6 is 0 Å². The summed E-state index contributed by atoms with van der Waals surface area (Å²) in [5, 5.41) is 3.04. The largest absolute Gasteiger partial charge is 0.349 e. The van der Waals surface area contributed by atoms with Crippen molar-refractivity contribution in [2.45, 2.75) is 44.6 Å². The van der Waals surface area contributed by atoms with E-state index in [0.29, 0.717) is 6.04 Å². The van der Waals surface area contributed by atoms with E-state index in [9.17, 15) is 4.79 Å². The van der Waals surface area contributed by atoms with Gasteiger partial charge in [-0.05, 0) is 61.8 Å². The third-order valence-corrected chi connectivity index (χ3v) is 3.52. The molecule has 3 rings (SSSR count). The fourth-order valence-corrected chi connectivity index (χ4v) is 2.37. The Hall–Kier alpha value is -1.31. The first-order valence-corrected chi connectivity index (χ1v) is 6.25. The summed E-state index contributed by atoms with van der Waals surface area (Å²) in [4.78, 5) is 11.9. The van der Waals surface area contributed by atoms with E-state index in [1.54, 1.807) is 0 Å². The lowest BCUT2D eigenvalue weighted by Gasteiger charge is -2.16. The molecule has 0 radical (unpaired) electrons. The summed E-state index contributed by atoms with van der Waals surface area (Å²) in [6.45, 7) is 0. The molecule has 2 aliphatic rings. The Kier molecular flexibility index (Phi) is 2.43. The first-order valence-electron chi connectivity index (χ1n) is 6.25. The molecule has 1 fully saturated rings. The van der Waals surface area contributed by atoms with Gasteiger partial charge in [0.05, 0.1) is 0 Å². The van der Waals surface area contributed by atoms with Gasteiger partial charge in [0, 0.05) is 11.6 Å². The van der Waals surface area contributed by atoms with Gasteiger partial charge in [-0.1, -0.05) is 6.07 Å². The molecule has 0 bridgehead atoms. The quantitative estimate of drug-likeness (QED) is 0.806. The zero-order chi connectivity index (χ0) is 11.0. The van der Waals surface area contributed by atoms with Crippen LogP contribution in [0.4, 0.5) is 0 Å². The highest BCUT2D eigenvalue weighted by atomic mass is 16.1. The predicted molar refractivity (Wildman–Crippen MR) is 63.6 cm³/mol. The molecule has 1 amide bonds. The molecule has 0 atom stereocenters. The van der Waals surface area contributed by atoms with Gasteiger partial charge >= 0.3 is 0 Å². The number of hydrogen-bond donors (Lipinski definition) is 1. The van der Waals surface area contributed by atoms with Crippen molar-refractivity contribution in [3.8, 4) is 0 Å². The first-order chi connectivity index (χ1) is 7.83. The van der Waals surface area contributed by atoms with Crippen molar-refractivity contribution in [3.63, 3.8) is 0 Å². The third kappa shape index (κ3) is 1.97. The molecule has 0 saturated heterocycles. The lowest BCUT2D eigenvalue weighted by atomic mass is 9.90. The normalized spacial score (nSPS) is 19.0. The molecule has 1 saturated carbocycles. The van der Waals surface area contributed by atoms with Gasteiger partial charge in [0.2, 0.25) is 0 Å². The number of hydrogen-bond acceptors (Lipinski definition) is 1. The molecule has 2 aliphatic carbocycles. The van der Waals surface area contributed by atoms with Gasteiger partial charge in [0.1, 0.15) is 0 Å². The number of amides is 1. The van der Waals surface area contributed by atoms with Crippen LogP contribution < -0.4 is 5.32 Å². The maximum atomic E-state index is 11.9. The van der Waals surface area contributed by atoms with Crippen molar-refractivity contribution in [2.24, 2.45) is 0 Å². The zero-order valence-electron chi connectivity index (χ0n) is 9.46. The molecule has 0 heterocycles. The number of carbonyl (C=O) groups is 1. The number of rotatable bonds is 2. The fourth-order valence-electron chi connectivity index (χ4n) is 2.37. The van der Waals surface area contributed by atoms with Crippen LogP contribution in [0.2, 0.25) is 0 Å². The first kappa shape index (κ1) is 9.88. The summed E-state index contributed by atoms with van der Waals surface area (Å²) in [6.07, 6.45) is 7.18. The van der Waals surface area contributed by atoms with Gasteiger partial charge in [-0.15, -0.1) is 0 Å². The number of fused-ring (bicyclic) bond motifs is 1. The molecule has 2 nitrogen and oxygen atoms in total. The minimum absolute atomic E-state index is 0.107. The van der Waals surface area contributed by atoms with Crippen molar-refractivity contribution in [3.05, 3.63) is 34.9 Å². The van der Waals surface area contributed by atoms with Crippen molar-refractivity contribution in [1.29, 1.82) is 0 Å². The maximum Gasteiger partial charge on any atom is 0.251 e. The average Bonchev–Trinajstić information content (AvgIpc) is 3.12. The third-order valence-electron chi connectivity index (χ3n) is 3.52. The minimum Gasteiger partial charge on any atom is -0.349 e. The molecule has 16 heavy (non-hydrogen) atoms. The standard InChI is InChI=1S/C14H17NO/c16-14(15-13-7-8-13)12-6-5-10-3-1-2-4-11(10)9-12/h5-6,9,13H,1-4,7-8H2,(H,15,16). The Morgan fingerprint density at radius 3 is 2.62 bits per heavy atom. The number of nitrogens with one attached hydrogen (secondary N) is 1. The molecule has 1 N–H and O–H groups in total. The van der Waals surface area contributed by atoms with Crippen LogP contribution in [-0.4, -0.2) is 11.9 Å². The van der Waals surface area contributed by atoms with Gasteiger partial charge in [0.25, 0.3) is 5.91 Å². The average molecular weight is 215 g/mol. The highest BCUT2D eigenvalue weighted by Crippen LogP contribution is 2.23. The second-order valence-corrected chi connectivity index (χ2v) is 4.94. The molecule has 0 unspecified atom stereocenters. The van der Waals surface area contributed by atoms with E-state index in [0.717, 1.165) is 24.8 Å². The van der Waals surface area contributed by atoms with Crippen molar-refractivity contribution in [1.82, 2.24) is 5.32 Å². The molecule has 0 spiro atoms. The van der Waals surface area contributed by atoms with Crippen LogP contribution in [0.5, 0.6) is 0 Å². The maximum absolute atomic E-state index is 11.9. The summed E-state index contributed by atoms with van der Waals surface area (Å²) < 4.78 is 0. The predicted octanol–water partition coefficient (Wildman–Crippen LogP) is 2.46. The molecule has 0 aliphatic heterocycles. The number of benzene rings is 1. The van der Waals surface area contributed by atoms with Crippen LogP contribution in [0.3, 0.4) is 0 Å². The van der Waals surface area contributed by atoms with Gasteiger partial charge in [-0.2, -0.15) is 0 Å². The topological polar surface area (TPSA) is 29.1 Å². The van der Waals surface area contributed by atoms with Crippen LogP contribution in [0.25, 0.3) is 0 Å². The SMILES string of the molecule is O=C(NC1CC1)c1ccc2c(c1)CCCC2. The smallest absolute Gasteiger partial charge is 0.251 e. The Morgan fingerprint density at radius 1 is 1.12 bits per heavy atom. The molecular formula is C14H17NO. The van der Waals surface area contributed by atoms with E-state index in [-0.39, 0.29) is 5.91 Å².